The van der Waals surface area contributed by atoms with Crippen LogP contribution >= 0.6 is 0 Å². The number of nitrogens with zero attached hydrogens (tertiary/aromatic N) is 3. The summed E-state index contributed by atoms with van der Waals surface area (Å²) in [6.07, 6.45) is -3.03. The molecule has 150 valence electrons. The minimum atomic E-state index is -5.04. The maximum absolute atomic E-state index is 12.8. The zero-order valence-electron chi connectivity index (χ0n) is 15.6. The number of anilines is 1. The number of rotatable bonds is 3. The van der Waals surface area contributed by atoms with Crippen molar-refractivity contribution in [1.29, 1.82) is 0 Å². The van der Waals surface area contributed by atoms with E-state index in [1.807, 2.05) is 5.32 Å². The number of hydrogen-bond acceptors (Lipinski definition) is 6. The fourth-order valence-electron chi connectivity index (χ4n) is 2.91. The van der Waals surface area contributed by atoms with Crippen molar-refractivity contribution in [3.63, 3.8) is 0 Å². The molecular weight excluding hydrogens is 365 g/mol. The molecule has 1 amide bonds. The molecule has 0 aromatic carbocycles. The Morgan fingerprint density at radius 3 is 2.48 bits per heavy atom. The second-order valence-corrected chi connectivity index (χ2v) is 7.41. The molecule has 2 unspecified atom stereocenters. The maximum atomic E-state index is 12.8. The highest BCUT2D eigenvalue weighted by Gasteiger charge is 2.45. The zero-order valence-corrected chi connectivity index (χ0v) is 15.6. The van der Waals surface area contributed by atoms with Crippen LogP contribution in [0.3, 0.4) is 0 Å². The SMILES string of the molecule is Cc1cc(N2CCCC(NC(=O)C(F)(F)F)C2C(=O)OC(C)(C)C)ncn1. The van der Waals surface area contributed by atoms with Crippen LogP contribution in [0.15, 0.2) is 12.4 Å². The molecule has 1 aliphatic heterocycles. The van der Waals surface area contributed by atoms with Gasteiger partial charge >= 0.3 is 18.1 Å². The topological polar surface area (TPSA) is 84.4 Å². The van der Waals surface area contributed by atoms with Crippen LogP contribution in [0.5, 0.6) is 0 Å². The van der Waals surface area contributed by atoms with Crippen molar-refractivity contribution in [1.82, 2.24) is 15.3 Å². The Labute approximate surface area is 155 Å². The molecule has 1 fully saturated rings. The standard InChI is InChI=1S/C17H23F3N4O3/c1-10-8-12(22-9-21-10)24-7-5-6-11(23-15(26)17(18,19)20)13(24)14(25)27-16(2,3)4/h8-9,11,13H,5-7H2,1-4H3,(H,23,26). The van der Waals surface area contributed by atoms with Gasteiger partial charge in [0.15, 0.2) is 0 Å². The van der Waals surface area contributed by atoms with E-state index in [1.54, 1.807) is 38.7 Å². The Morgan fingerprint density at radius 2 is 1.93 bits per heavy atom. The number of piperidine rings is 1. The van der Waals surface area contributed by atoms with E-state index in [9.17, 15) is 22.8 Å². The molecule has 0 bridgehead atoms. The van der Waals surface area contributed by atoms with Crippen LogP contribution in [0.2, 0.25) is 0 Å². The van der Waals surface area contributed by atoms with Crippen LogP contribution in [-0.4, -0.2) is 52.3 Å². The number of alkyl halides is 3. The Hall–Kier alpha value is -2.39. The number of amides is 1. The molecule has 1 aromatic heterocycles. The number of halogens is 3. The molecule has 0 radical (unpaired) electrons. The first-order valence-corrected chi connectivity index (χ1v) is 8.54. The van der Waals surface area contributed by atoms with Crippen molar-refractivity contribution >= 4 is 17.7 Å². The first-order chi connectivity index (χ1) is 12.4. The lowest BCUT2D eigenvalue weighted by Crippen LogP contribution is -2.61. The van der Waals surface area contributed by atoms with Crippen LogP contribution in [0.25, 0.3) is 0 Å². The molecule has 0 spiro atoms. The van der Waals surface area contributed by atoms with Gasteiger partial charge in [0.05, 0.1) is 6.04 Å². The molecule has 0 aliphatic carbocycles. The highest BCUT2D eigenvalue weighted by atomic mass is 19.4. The molecule has 2 atom stereocenters. The maximum Gasteiger partial charge on any atom is 0.471 e. The van der Waals surface area contributed by atoms with Crippen molar-refractivity contribution < 1.29 is 27.5 Å². The van der Waals surface area contributed by atoms with Gasteiger partial charge in [-0.3, -0.25) is 4.79 Å². The van der Waals surface area contributed by atoms with Gasteiger partial charge in [-0.1, -0.05) is 0 Å². The van der Waals surface area contributed by atoms with Crippen molar-refractivity contribution in [2.75, 3.05) is 11.4 Å². The van der Waals surface area contributed by atoms with Crippen LogP contribution in [0.4, 0.5) is 19.0 Å². The van der Waals surface area contributed by atoms with Crippen LogP contribution in [0.1, 0.15) is 39.3 Å². The van der Waals surface area contributed by atoms with E-state index < -0.39 is 35.7 Å². The summed E-state index contributed by atoms with van der Waals surface area (Å²) in [5.74, 6) is -2.41. The molecule has 10 heteroatoms. The quantitative estimate of drug-likeness (QED) is 0.799. The Balaban J connectivity index is 2.36. The summed E-state index contributed by atoms with van der Waals surface area (Å²) >= 11 is 0. The number of aromatic nitrogens is 2. The van der Waals surface area contributed by atoms with Gasteiger partial charge in [-0.25, -0.2) is 14.8 Å². The summed E-state index contributed by atoms with van der Waals surface area (Å²) in [6, 6.07) is -0.553. The van der Waals surface area contributed by atoms with Crippen LogP contribution < -0.4 is 10.2 Å². The smallest absolute Gasteiger partial charge is 0.458 e. The highest BCUT2D eigenvalue weighted by Crippen LogP contribution is 2.27. The predicted molar refractivity (Wildman–Crippen MR) is 91.0 cm³/mol. The molecule has 2 rings (SSSR count). The van der Waals surface area contributed by atoms with Crippen molar-refractivity contribution in [3.05, 3.63) is 18.1 Å². The highest BCUT2D eigenvalue weighted by molar-refractivity contribution is 5.85. The van der Waals surface area contributed by atoms with E-state index in [4.69, 9.17) is 4.74 Å². The average Bonchev–Trinajstić information content (AvgIpc) is 2.52. The van der Waals surface area contributed by atoms with Gasteiger partial charge < -0.3 is 15.0 Å². The fourth-order valence-corrected chi connectivity index (χ4v) is 2.91. The molecule has 7 nitrogen and oxygen atoms in total. The second-order valence-electron chi connectivity index (χ2n) is 7.41. The summed E-state index contributed by atoms with van der Waals surface area (Å²) in [5.41, 5.74) is -0.190. The molecule has 1 aromatic rings. The van der Waals surface area contributed by atoms with E-state index >= 15 is 0 Å². The van der Waals surface area contributed by atoms with Gasteiger partial charge in [0, 0.05) is 18.3 Å². The van der Waals surface area contributed by atoms with E-state index in [2.05, 4.69) is 9.97 Å². The number of carbonyl (C=O) groups is 2. The fraction of sp³-hybridized carbons (Fsp3) is 0.647. The van der Waals surface area contributed by atoms with Gasteiger partial charge in [-0.05, 0) is 40.5 Å². The summed E-state index contributed by atoms with van der Waals surface area (Å²) in [5, 5.41) is 1.94. The van der Waals surface area contributed by atoms with Crippen molar-refractivity contribution in [3.8, 4) is 0 Å². The number of ether oxygens (including phenoxy) is 1. The predicted octanol–water partition coefficient (Wildman–Crippen LogP) is 2.14. The summed E-state index contributed by atoms with van der Waals surface area (Å²) in [6.45, 7) is 7.11. The molecule has 0 saturated carbocycles. The average molecular weight is 388 g/mol. The van der Waals surface area contributed by atoms with E-state index in [-0.39, 0.29) is 6.42 Å². The summed E-state index contributed by atoms with van der Waals surface area (Å²) < 4.78 is 43.5. The number of carbonyl (C=O) groups excluding carboxylic acids is 2. The lowest BCUT2D eigenvalue weighted by Gasteiger charge is -2.41. The van der Waals surface area contributed by atoms with E-state index in [0.29, 0.717) is 24.5 Å². The third-order valence-electron chi connectivity index (χ3n) is 3.94. The Kier molecular flexibility index (Phi) is 5.96. The second kappa shape index (κ2) is 7.69. The van der Waals surface area contributed by atoms with Crippen molar-refractivity contribution in [2.45, 2.75) is 64.4 Å². The third kappa shape index (κ3) is 5.54. The number of esters is 1. The van der Waals surface area contributed by atoms with Gasteiger partial charge in [0.2, 0.25) is 0 Å². The van der Waals surface area contributed by atoms with Gasteiger partial charge in [-0.2, -0.15) is 13.2 Å². The Morgan fingerprint density at radius 1 is 1.26 bits per heavy atom. The van der Waals surface area contributed by atoms with Crippen LogP contribution in [-0.2, 0) is 14.3 Å². The van der Waals surface area contributed by atoms with Gasteiger partial charge in [0.1, 0.15) is 23.8 Å². The molecule has 27 heavy (non-hydrogen) atoms. The largest absolute Gasteiger partial charge is 0.471 e. The van der Waals surface area contributed by atoms with E-state index in [1.165, 1.54) is 6.33 Å². The molecule has 1 N–H and O–H groups in total. The first kappa shape index (κ1) is 20.9. The van der Waals surface area contributed by atoms with Crippen LogP contribution in [0, 0.1) is 6.92 Å². The van der Waals surface area contributed by atoms with Crippen molar-refractivity contribution in [2.24, 2.45) is 0 Å². The summed E-state index contributed by atoms with van der Waals surface area (Å²) in [4.78, 5) is 33.9. The summed E-state index contributed by atoms with van der Waals surface area (Å²) in [7, 11) is 0. The molecular formula is C17H23F3N4O3. The first-order valence-electron chi connectivity index (χ1n) is 8.54. The van der Waals surface area contributed by atoms with Gasteiger partial charge in [0.25, 0.3) is 0 Å². The van der Waals surface area contributed by atoms with Gasteiger partial charge in [-0.15, -0.1) is 0 Å². The number of nitrogens with one attached hydrogen (secondary N) is 1. The monoisotopic (exact) mass is 388 g/mol. The lowest BCUT2D eigenvalue weighted by atomic mass is 9.95. The molecule has 2 heterocycles. The molecule has 1 aliphatic rings. The third-order valence-corrected chi connectivity index (χ3v) is 3.94. The molecule has 1 saturated heterocycles. The zero-order chi connectivity index (χ0) is 20.4. The van der Waals surface area contributed by atoms with E-state index in [0.717, 1.165) is 0 Å². The normalized spacial score (nSPS) is 20.9. The number of hydrogen-bond donors (Lipinski definition) is 1. The lowest BCUT2D eigenvalue weighted by molar-refractivity contribution is -0.175. The number of aryl methyl sites for hydroxylation is 1. The minimum absolute atomic E-state index is 0.215. The Bertz CT molecular complexity index is 703. The minimum Gasteiger partial charge on any atom is -0.458 e.